The molecule has 2 nitrogen and oxygen atoms in total. The van der Waals surface area contributed by atoms with E-state index >= 15 is 0 Å². The first-order chi connectivity index (χ1) is 11.6. The Morgan fingerprint density at radius 1 is 1.17 bits per heavy atom. The summed E-state index contributed by atoms with van der Waals surface area (Å²) >= 11 is 9.73. The fraction of sp³-hybridized carbons (Fsp3) is 0.0500. The molecule has 0 aliphatic heterocycles. The molecule has 118 valence electrons. The minimum atomic E-state index is 0.462. The van der Waals surface area contributed by atoms with E-state index in [9.17, 15) is 5.26 Å². The largest absolute Gasteiger partial charge is 0.457 e. The molecular formula is C20H13BrClNO. The number of rotatable bonds is 3. The quantitative estimate of drug-likeness (QED) is 0.458. The van der Waals surface area contributed by atoms with Crippen LogP contribution in [-0.4, -0.2) is 0 Å². The van der Waals surface area contributed by atoms with Crippen LogP contribution in [0.1, 0.15) is 16.9 Å². The summed E-state index contributed by atoms with van der Waals surface area (Å²) in [6.45, 7) is 2.04. The fourth-order valence-electron chi connectivity index (χ4n) is 2.39. The second kappa shape index (κ2) is 7.09. The second-order valence-corrected chi connectivity index (χ2v) is 6.60. The lowest BCUT2D eigenvalue weighted by atomic mass is 10.1. The van der Waals surface area contributed by atoms with E-state index in [1.54, 1.807) is 12.1 Å². The number of nitriles is 1. The molecule has 2 aromatic carbocycles. The average Bonchev–Trinajstić information content (AvgIpc) is 3.01. The molecule has 0 unspecified atom stereocenters. The van der Waals surface area contributed by atoms with Crippen molar-refractivity contribution in [1.29, 1.82) is 5.26 Å². The van der Waals surface area contributed by atoms with Gasteiger partial charge in [0.1, 0.15) is 11.5 Å². The molecule has 0 saturated heterocycles. The third kappa shape index (κ3) is 3.46. The van der Waals surface area contributed by atoms with E-state index in [0.29, 0.717) is 21.9 Å². The number of aryl methyl sites for hydroxylation is 1. The van der Waals surface area contributed by atoms with Gasteiger partial charge in [-0.2, -0.15) is 5.26 Å². The number of allylic oxidation sites excluding steroid dienone is 1. The van der Waals surface area contributed by atoms with Crippen LogP contribution in [0.4, 0.5) is 0 Å². The molecule has 0 aliphatic carbocycles. The number of furan rings is 1. The Morgan fingerprint density at radius 3 is 2.67 bits per heavy atom. The Morgan fingerprint density at radius 2 is 1.96 bits per heavy atom. The van der Waals surface area contributed by atoms with Gasteiger partial charge in [0.05, 0.1) is 11.6 Å². The average molecular weight is 399 g/mol. The van der Waals surface area contributed by atoms with Gasteiger partial charge in [0.15, 0.2) is 0 Å². The predicted molar refractivity (Wildman–Crippen MR) is 102 cm³/mol. The number of halogens is 2. The Kier molecular flexibility index (Phi) is 4.89. The maximum Gasteiger partial charge on any atom is 0.135 e. The van der Waals surface area contributed by atoms with Gasteiger partial charge in [-0.05, 0) is 48.9 Å². The van der Waals surface area contributed by atoms with Crippen LogP contribution in [0, 0.1) is 18.3 Å². The van der Waals surface area contributed by atoms with Gasteiger partial charge in [-0.3, -0.25) is 0 Å². The molecule has 4 heteroatoms. The lowest BCUT2D eigenvalue weighted by Gasteiger charge is -2.03. The molecule has 1 aromatic heterocycles. The van der Waals surface area contributed by atoms with E-state index in [-0.39, 0.29) is 0 Å². The van der Waals surface area contributed by atoms with Gasteiger partial charge < -0.3 is 4.42 Å². The van der Waals surface area contributed by atoms with Crippen molar-refractivity contribution >= 4 is 39.2 Å². The Balaban J connectivity index is 1.98. The zero-order valence-corrected chi connectivity index (χ0v) is 15.2. The summed E-state index contributed by atoms with van der Waals surface area (Å²) in [6, 6.07) is 19.3. The zero-order valence-electron chi connectivity index (χ0n) is 12.9. The predicted octanol–water partition coefficient (Wildman–Crippen LogP) is 6.74. The minimum Gasteiger partial charge on any atom is -0.457 e. The van der Waals surface area contributed by atoms with Gasteiger partial charge in [-0.15, -0.1) is 0 Å². The lowest BCUT2D eigenvalue weighted by Crippen LogP contribution is -1.82. The fourth-order valence-corrected chi connectivity index (χ4v) is 3.31. The van der Waals surface area contributed by atoms with Gasteiger partial charge in [-0.25, -0.2) is 0 Å². The Bertz CT molecular complexity index is 966. The summed E-state index contributed by atoms with van der Waals surface area (Å²) in [6.07, 6.45) is 1.70. The molecule has 3 rings (SSSR count). The van der Waals surface area contributed by atoms with Crippen molar-refractivity contribution in [3.8, 4) is 17.4 Å². The highest BCUT2D eigenvalue weighted by Gasteiger charge is 2.10. The SMILES string of the molecule is Cc1ccc(-c2ccc(C=C(C#N)c3ccccc3Cl)o2)c(Br)c1. The normalized spacial score (nSPS) is 11.3. The van der Waals surface area contributed by atoms with E-state index in [1.165, 1.54) is 5.56 Å². The second-order valence-electron chi connectivity index (χ2n) is 5.33. The number of hydrogen-bond donors (Lipinski definition) is 0. The summed E-state index contributed by atoms with van der Waals surface area (Å²) in [5.41, 5.74) is 3.29. The first-order valence-electron chi connectivity index (χ1n) is 7.31. The highest BCUT2D eigenvalue weighted by molar-refractivity contribution is 9.10. The van der Waals surface area contributed by atoms with Crippen LogP contribution >= 0.6 is 27.5 Å². The molecule has 0 radical (unpaired) electrons. The molecule has 0 N–H and O–H groups in total. The maximum atomic E-state index is 9.44. The van der Waals surface area contributed by atoms with Gasteiger partial charge in [0, 0.05) is 20.6 Å². The van der Waals surface area contributed by atoms with Crippen LogP contribution in [0.25, 0.3) is 23.0 Å². The highest BCUT2D eigenvalue weighted by Crippen LogP contribution is 2.32. The van der Waals surface area contributed by atoms with Crippen molar-refractivity contribution in [3.63, 3.8) is 0 Å². The van der Waals surface area contributed by atoms with Crippen LogP contribution in [0.15, 0.2) is 63.5 Å². The number of benzene rings is 2. The molecule has 0 amide bonds. The monoisotopic (exact) mass is 397 g/mol. The van der Waals surface area contributed by atoms with E-state index in [4.69, 9.17) is 16.0 Å². The van der Waals surface area contributed by atoms with Gasteiger partial charge in [0.25, 0.3) is 0 Å². The summed E-state index contributed by atoms with van der Waals surface area (Å²) in [5.74, 6) is 1.35. The molecule has 1 heterocycles. The molecule has 3 aromatic rings. The number of hydrogen-bond acceptors (Lipinski definition) is 2. The Hall–Kier alpha value is -2.28. The van der Waals surface area contributed by atoms with E-state index in [1.807, 2.05) is 55.5 Å². The first-order valence-corrected chi connectivity index (χ1v) is 8.48. The summed E-state index contributed by atoms with van der Waals surface area (Å²) in [4.78, 5) is 0. The smallest absolute Gasteiger partial charge is 0.135 e. The van der Waals surface area contributed by atoms with E-state index in [0.717, 1.165) is 15.8 Å². The zero-order chi connectivity index (χ0) is 17.1. The minimum absolute atomic E-state index is 0.462. The highest BCUT2D eigenvalue weighted by atomic mass is 79.9. The van der Waals surface area contributed by atoms with Crippen LogP contribution in [0.2, 0.25) is 5.02 Å². The van der Waals surface area contributed by atoms with Gasteiger partial charge in [-0.1, -0.05) is 51.8 Å². The van der Waals surface area contributed by atoms with Crippen LogP contribution in [0.5, 0.6) is 0 Å². The third-order valence-electron chi connectivity index (χ3n) is 3.59. The number of nitrogens with zero attached hydrogens (tertiary/aromatic N) is 1. The van der Waals surface area contributed by atoms with Crippen molar-refractivity contribution in [3.05, 3.63) is 81.0 Å². The van der Waals surface area contributed by atoms with E-state index in [2.05, 4.69) is 22.0 Å². The summed E-state index contributed by atoms with van der Waals surface area (Å²) in [5, 5.41) is 9.98. The van der Waals surface area contributed by atoms with Crippen LogP contribution < -0.4 is 0 Å². The molecule has 0 fully saturated rings. The Labute approximate surface area is 154 Å². The van der Waals surface area contributed by atoms with Crippen LogP contribution in [-0.2, 0) is 0 Å². The van der Waals surface area contributed by atoms with Crippen molar-refractivity contribution in [2.24, 2.45) is 0 Å². The summed E-state index contributed by atoms with van der Waals surface area (Å²) < 4.78 is 6.85. The first kappa shape index (κ1) is 16.6. The third-order valence-corrected chi connectivity index (χ3v) is 4.57. The van der Waals surface area contributed by atoms with Crippen molar-refractivity contribution in [1.82, 2.24) is 0 Å². The van der Waals surface area contributed by atoms with Gasteiger partial charge in [0.2, 0.25) is 0 Å². The molecule has 24 heavy (non-hydrogen) atoms. The molecule has 0 aliphatic rings. The molecule has 0 bridgehead atoms. The molecule has 0 saturated carbocycles. The molecule has 0 spiro atoms. The topological polar surface area (TPSA) is 36.9 Å². The van der Waals surface area contributed by atoms with Crippen molar-refractivity contribution < 1.29 is 4.42 Å². The van der Waals surface area contributed by atoms with Gasteiger partial charge >= 0.3 is 0 Å². The standard InChI is InChI=1S/C20H13BrClNO/c1-13-6-8-17(18(21)10-13)20-9-7-15(24-20)11-14(12-23)16-4-2-3-5-19(16)22/h2-11H,1H3. The lowest BCUT2D eigenvalue weighted by molar-refractivity contribution is 0.571. The summed E-state index contributed by atoms with van der Waals surface area (Å²) in [7, 11) is 0. The van der Waals surface area contributed by atoms with E-state index < -0.39 is 0 Å². The maximum absolute atomic E-state index is 9.44. The van der Waals surface area contributed by atoms with Crippen molar-refractivity contribution in [2.45, 2.75) is 6.92 Å². The van der Waals surface area contributed by atoms with Crippen LogP contribution in [0.3, 0.4) is 0 Å². The van der Waals surface area contributed by atoms with Crippen molar-refractivity contribution in [2.75, 3.05) is 0 Å². The molecule has 0 atom stereocenters. The molecular weight excluding hydrogens is 386 g/mol.